The average Bonchev–Trinajstić information content (AvgIpc) is 2.49. The molecule has 0 bridgehead atoms. The first-order chi connectivity index (χ1) is 9.97. The normalized spacial score (nSPS) is 19.3. The van der Waals surface area contributed by atoms with Crippen LogP contribution in [0.5, 0.6) is 0 Å². The molecule has 2 rings (SSSR count). The van der Waals surface area contributed by atoms with E-state index >= 15 is 0 Å². The van der Waals surface area contributed by atoms with Crippen LogP contribution in [-0.2, 0) is 16.0 Å². The quantitative estimate of drug-likeness (QED) is 0.857. The van der Waals surface area contributed by atoms with E-state index < -0.39 is 6.04 Å². The van der Waals surface area contributed by atoms with Crippen LogP contribution in [0.3, 0.4) is 0 Å². The highest BCUT2D eigenvalue weighted by molar-refractivity contribution is 6.00. The second-order valence-corrected chi connectivity index (χ2v) is 5.83. The van der Waals surface area contributed by atoms with Gasteiger partial charge < -0.3 is 9.80 Å². The van der Waals surface area contributed by atoms with Gasteiger partial charge in [0.05, 0.1) is 0 Å². The highest BCUT2D eigenvalue weighted by atomic mass is 16.2. The smallest absolute Gasteiger partial charge is 0.249 e. The summed E-state index contributed by atoms with van der Waals surface area (Å²) in [6, 6.07) is 7.60. The van der Waals surface area contributed by atoms with E-state index in [4.69, 9.17) is 0 Å². The van der Waals surface area contributed by atoms with E-state index in [0.29, 0.717) is 13.1 Å². The van der Waals surface area contributed by atoms with Crippen LogP contribution in [0, 0.1) is 5.92 Å². The fraction of sp³-hybridized carbons (Fsp3) is 0.529. The van der Waals surface area contributed by atoms with Crippen LogP contribution in [-0.4, -0.2) is 35.8 Å². The molecule has 1 fully saturated rings. The number of carbonyl (C=O) groups excluding carboxylic acids is 2. The van der Waals surface area contributed by atoms with E-state index in [-0.39, 0.29) is 17.7 Å². The number of amides is 2. The van der Waals surface area contributed by atoms with Gasteiger partial charge in [0, 0.05) is 24.7 Å². The Balaban J connectivity index is 2.24. The Morgan fingerprint density at radius 2 is 1.95 bits per heavy atom. The highest BCUT2D eigenvalue weighted by Gasteiger charge is 2.36. The molecule has 0 radical (unpaired) electrons. The van der Waals surface area contributed by atoms with Crippen molar-refractivity contribution in [3.05, 3.63) is 29.8 Å². The highest BCUT2D eigenvalue weighted by Crippen LogP contribution is 2.25. The summed E-state index contributed by atoms with van der Waals surface area (Å²) in [5.74, 6) is -0.00912. The second-order valence-electron chi connectivity index (χ2n) is 5.83. The number of piperazine rings is 1. The molecule has 0 saturated carbocycles. The topological polar surface area (TPSA) is 40.6 Å². The number of rotatable bonds is 3. The average molecular weight is 288 g/mol. The van der Waals surface area contributed by atoms with E-state index in [0.717, 1.165) is 12.1 Å². The molecular weight excluding hydrogens is 264 g/mol. The third-order valence-corrected chi connectivity index (χ3v) is 4.10. The van der Waals surface area contributed by atoms with Gasteiger partial charge in [-0.15, -0.1) is 0 Å². The van der Waals surface area contributed by atoms with E-state index in [9.17, 15) is 9.59 Å². The first-order valence-corrected chi connectivity index (χ1v) is 7.67. The molecule has 1 aliphatic rings. The molecule has 0 spiro atoms. The van der Waals surface area contributed by atoms with Gasteiger partial charge in [0.25, 0.3) is 0 Å². The van der Waals surface area contributed by atoms with Crippen molar-refractivity contribution < 1.29 is 9.59 Å². The zero-order valence-corrected chi connectivity index (χ0v) is 13.3. The monoisotopic (exact) mass is 288 g/mol. The van der Waals surface area contributed by atoms with Gasteiger partial charge in [-0.1, -0.05) is 39.0 Å². The van der Waals surface area contributed by atoms with Crippen LogP contribution in [0.1, 0.15) is 33.3 Å². The van der Waals surface area contributed by atoms with Gasteiger partial charge in [0.2, 0.25) is 11.8 Å². The van der Waals surface area contributed by atoms with Crippen molar-refractivity contribution in [2.24, 2.45) is 5.92 Å². The number of hydrogen-bond donors (Lipinski definition) is 0. The Hall–Kier alpha value is -1.84. The van der Waals surface area contributed by atoms with Crippen LogP contribution < -0.4 is 4.90 Å². The Labute approximate surface area is 126 Å². The van der Waals surface area contributed by atoms with Gasteiger partial charge in [-0.05, 0) is 25.0 Å². The molecule has 1 aromatic carbocycles. The minimum atomic E-state index is -0.390. The van der Waals surface area contributed by atoms with Crippen LogP contribution in [0.2, 0.25) is 0 Å². The van der Waals surface area contributed by atoms with Crippen molar-refractivity contribution in [2.45, 2.75) is 40.2 Å². The molecule has 1 unspecified atom stereocenters. The van der Waals surface area contributed by atoms with Crippen molar-refractivity contribution in [1.29, 1.82) is 0 Å². The predicted octanol–water partition coefficient (Wildman–Crippen LogP) is 2.47. The fourth-order valence-corrected chi connectivity index (χ4v) is 2.82. The van der Waals surface area contributed by atoms with Crippen LogP contribution in [0.4, 0.5) is 5.69 Å². The van der Waals surface area contributed by atoms with Crippen molar-refractivity contribution in [3.63, 3.8) is 0 Å². The summed E-state index contributed by atoms with van der Waals surface area (Å²) in [5.41, 5.74) is 2.15. The first kappa shape index (κ1) is 15.5. The Kier molecular flexibility index (Phi) is 4.66. The van der Waals surface area contributed by atoms with Gasteiger partial charge in [-0.2, -0.15) is 0 Å². The standard InChI is InChI=1S/C17H24N2O2/c1-5-14-8-6-7-9-15(14)19-11-10-18(13(4)17(19)21)16(20)12(2)3/h6-9,12-13H,5,10-11H2,1-4H3. The molecule has 21 heavy (non-hydrogen) atoms. The summed E-state index contributed by atoms with van der Waals surface area (Å²) in [4.78, 5) is 28.4. The maximum Gasteiger partial charge on any atom is 0.249 e. The van der Waals surface area contributed by atoms with Gasteiger partial charge in [0.1, 0.15) is 6.04 Å². The Bertz CT molecular complexity index is 539. The van der Waals surface area contributed by atoms with Gasteiger partial charge in [-0.25, -0.2) is 0 Å². The summed E-state index contributed by atoms with van der Waals surface area (Å²) in [6.45, 7) is 8.83. The maximum absolute atomic E-state index is 12.7. The molecule has 0 aromatic heterocycles. The number of hydrogen-bond acceptors (Lipinski definition) is 2. The van der Waals surface area contributed by atoms with E-state index in [1.165, 1.54) is 5.56 Å². The molecule has 4 heteroatoms. The number of nitrogens with zero attached hydrogens (tertiary/aromatic N) is 2. The van der Waals surface area contributed by atoms with Crippen LogP contribution in [0.15, 0.2) is 24.3 Å². The summed E-state index contributed by atoms with van der Waals surface area (Å²) in [6.07, 6.45) is 0.892. The zero-order valence-electron chi connectivity index (χ0n) is 13.3. The number of carbonyl (C=O) groups is 2. The fourth-order valence-electron chi connectivity index (χ4n) is 2.82. The van der Waals surface area contributed by atoms with Crippen molar-refractivity contribution in [1.82, 2.24) is 4.90 Å². The van der Waals surface area contributed by atoms with Crippen LogP contribution in [0.25, 0.3) is 0 Å². The molecule has 1 saturated heterocycles. The third-order valence-electron chi connectivity index (χ3n) is 4.10. The lowest BCUT2D eigenvalue weighted by molar-refractivity contribution is -0.143. The SMILES string of the molecule is CCc1ccccc1N1CCN(C(=O)C(C)C)C(C)C1=O. The number of para-hydroxylation sites is 1. The molecule has 1 aromatic rings. The summed E-state index contributed by atoms with van der Waals surface area (Å²) in [5, 5.41) is 0. The Morgan fingerprint density at radius 3 is 2.57 bits per heavy atom. The van der Waals surface area contributed by atoms with E-state index in [1.807, 2.05) is 43.9 Å². The van der Waals surface area contributed by atoms with Gasteiger partial charge in [0.15, 0.2) is 0 Å². The lowest BCUT2D eigenvalue weighted by Crippen LogP contribution is -2.58. The predicted molar refractivity (Wildman–Crippen MR) is 84.2 cm³/mol. The minimum Gasteiger partial charge on any atom is -0.329 e. The molecule has 1 aliphatic heterocycles. The molecule has 2 amide bonds. The van der Waals surface area contributed by atoms with Gasteiger partial charge >= 0.3 is 0 Å². The molecular formula is C17H24N2O2. The van der Waals surface area contributed by atoms with Crippen molar-refractivity contribution in [2.75, 3.05) is 18.0 Å². The van der Waals surface area contributed by atoms with Crippen molar-refractivity contribution >= 4 is 17.5 Å². The second kappa shape index (κ2) is 6.29. The summed E-state index contributed by atoms with van der Waals surface area (Å²) < 4.78 is 0. The Morgan fingerprint density at radius 1 is 1.29 bits per heavy atom. The lowest BCUT2D eigenvalue weighted by Gasteiger charge is -2.40. The van der Waals surface area contributed by atoms with Crippen molar-refractivity contribution in [3.8, 4) is 0 Å². The first-order valence-electron chi connectivity index (χ1n) is 7.67. The molecule has 0 N–H and O–H groups in total. The largest absolute Gasteiger partial charge is 0.329 e. The number of benzene rings is 1. The summed E-state index contributed by atoms with van der Waals surface area (Å²) >= 11 is 0. The minimum absolute atomic E-state index is 0.0103. The number of aryl methyl sites for hydroxylation is 1. The molecule has 4 nitrogen and oxygen atoms in total. The van der Waals surface area contributed by atoms with E-state index in [1.54, 1.807) is 4.90 Å². The molecule has 114 valence electrons. The zero-order chi connectivity index (χ0) is 15.6. The molecule has 1 heterocycles. The maximum atomic E-state index is 12.7. The van der Waals surface area contributed by atoms with Crippen LogP contribution >= 0.6 is 0 Å². The summed E-state index contributed by atoms with van der Waals surface area (Å²) in [7, 11) is 0. The van der Waals surface area contributed by atoms with Gasteiger partial charge in [-0.3, -0.25) is 9.59 Å². The third kappa shape index (κ3) is 2.94. The number of anilines is 1. The van der Waals surface area contributed by atoms with E-state index in [2.05, 4.69) is 13.0 Å². The lowest BCUT2D eigenvalue weighted by atomic mass is 10.0. The molecule has 1 atom stereocenters. The molecule has 0 aliphatic carbocycles.